The van der Waals surface area contributed by atoms with Crippen molar-refractivity contribution >= 4 is 50.1 Å². The summed E-state index contributed by atoms with van der Waals surface area (Å²) in [6.07, 6.45) is -3.12. The molecule has 0 saturated carbocycles. The molecule has 1 atom stereocenters. The summed E-state index contributed by atoms with van der Waals surface area (Å²) < 4.78 is 35.5. The molecule has 9 nitrogen and oxygen atoms in total. The smallest absolute Gasteiger partial charge is 0.410 e. The second kappa shape index (κ2) is 9.49. The Hall–Kier alpha value is -2.54. The van der Waals surface area contributed by atoms with Gasteiger partial charge in [0.15, 0.2) is 5.01 Å². The number of ether oxygens (including phenoxy) is 1. The van der Waals surface area contributed by atoms with Gasteiger partial charge in [-0.05, 0) is 46.8 Å². The molecule has 13 heteroatoms. The predicted octanol–water partition coefficient (Wildman–Crippen LogP) is 4.81. The van der Waals surface area contributed by atoms with Crippen LogP contribution in [0.1, 0.15) is 46.1 Å². The average Bonchev–Trinajstić information content (AvgIpc) is 3.33. The first-order valence-electron chi connectivity index (χ1n) is 11.2. The van der Waals surface area contributed by atoms with Crippen molar-refractivity contribution < 1.29 is 18.3 Å². The summed E-state index contributed by atoms with van der Waals surface area (Å²) in [6.45, 7) is 11.2. The molecule has 1 aliphatic rings. The fourth-order valence-corrected chi connectivity index (χ4v) is 5.37. The van der Waals surface area contributed by atoms with E-state index in [0.717, 1.165) is 10.2 Å². The highest BCUT2D eigenvalue weighted by molar-refractivity contribution is 9.10. The van der Waals surface area contributed by atoms with Crippen molar-refractivity contribution in [2.75, 3.05) is 24.5 Å². The van der Waals surface area contributed by atoms with Crippen molar-refractivity contribution in [1.29, 1.82) is 0 Å². The predicted molar refractivity (Wildman–Crippen MR) is 134 cm³/mol. The number of rotatable bonds is 4. The van der Waals surface area contributed by atoms with E-state index in [2.05, 4.69) is 31.0 Å². The molecule has 0 unspecified atom stereocenters. The number of amides is 1. The molecule has 190 valence electrons. The zero-order valence-corrected chi connectivity index (χ0v) is 22.5. The van der Waals surface area contributed by atoms with Crippen molar-refractivity contribution in [3.8, 4) is 5.13 Å². The summed E-state index contributed by atoms with van der Waals surface area (Å²) in [5, 5.41) is 7.06. The molecule has 0 spiro atoms. The molecule has 1 aromatic carbocycles. The highest BCUT2D eigenvalue weighted by atomic mass is 79.9. The van der Waals surface area contributed by atoms with Crippen molar-refractivity contribution in [2.45, 2.75) is 59.2 Å². The summed E-state index contributed by atoms with van der Waals surface area (Å²) in [6, 6.07) is 3.57. The quantitative estimate of drug-likeness (QED) is 0.446. The molecule has 1 fully saturated rings. The summed E-state index contributed by atoms with van der Waals surface area (Å²) in [7, 11) is 0. The van der Waals surface area contributed by atoms with Crippen LogP contribution in [0, 0.1) is 0 Å². The highest BCUT2D eigenvalue weighted by Crippen LogP contribution is 2.34. The number of halogens is 3. The number of carbonyl (C=O) groups is 1. The van der Waals surface area contributed by atoms with Crippen molar-refractivity contribution in [2.24, 2.45) is 0 Å². The molecule has 0 N–H and O–H groups in total. The topological polar surface area (TPSA) is 85.5 Å². The van der Waals surface area contributed by atoms with E-state index < -0.39 is 17.0 Å². The van der Waals surface area contributed by atoms with Crippen molar-refractivity contribution in [3.63, 3.8) is 0 Å². The molecule has 1 aliphatic heterocycles. The maximum Gasteiger partial charge on any atom is 0.410 e. The van der Waals surface area contributed by atoms with E-state index in [-0.39, 0.29) is 23.0 Å². The molecule has 3 aromatic rings. The Morgan fingerprint density at radius 2 is 2.00 bits per heavy atom. The van der Waals surface area contributed by atoms with Crippen LogP contribution >= 0.6 is 27.3 Å². The number of aromatic nitrogens is 4. The Bertz CT molecular complexity index is 1310. The van der Waals surface area contributed by atoms with Gasteiger partial charge in [0, 0.05) is 36.7 Å². The number of fused-ring (bicyclic) bond motifs is 1. The molecule has 0 radical (unpaired) electrons. The van der Waals surface area contributed by atoms with Gasteiger partial charge in [0.2, 0.25) is 5.13 Å². The van der Waals surface area contributed by atoms with Crippen LogP contribution in [-0.2, 0) is 11.3 Å². The Balaban J connectivity index is 1.76. The number of imidazole rings is 1. The molecule has 35 heavy (non-hydrogen) atoms. The molecule has 4 rings (SSSR count). The molecular formula is C22H27BrF2N6O3S. The first kappa shape index (κ1) is 25.5. The lowest BCUT2D eigenvalue weighted by Gasteiger charge is -2.41. The number of piperazine rings is 1. The van der Waals surface area contributed by atoms with E-state index in [0.29, 0.717) is 48.5 Å². The molecule has 2 aromatic heterocycles. The second-order valence-corrected chi connectivity index (χ2v) is 11.3. The molecule has 1 saturated heterocycles. The van der Waals surface area contributed by atoms with Crippen LogP contribution in [0.5, 0.6) is 0 Å². The van der Waals surface area contributed by atoms with Crippen LogP contribution in [0.4, 0.5) is 19.3 Å². The number of aryl methyl sites for hydroxylation is 1. The maximum absolute atomic E-state index is 13.4. The maximum atomic E-state index is 13.4. The lowest BCUT2D eigenvalue weighted by atomic mass is 10.1. The normalized spacial score (nSPS) is 17.0. The van der Waals surface area contributed by atoms with E-state index in [1.54, 1.807) is 15.5 Å². The Kier molecular flexibility index (Phi) is 6.93. The first-order valence-corrected chi connectivity index (χ1v) is 12.8. The SMILES string of the molecule is CCn1c(=O)n(-c2nnc(C(F)F)s2)c2cc(Br)cc(N3CCN(C(=O)OC(C)(C)C)[C@@H](C)C3)c21. The molecule has 3 heterocycles. The summed E-state index contributed by atoms with van der Waals surface area (Å²) in [4.78, 5) is 29.8. The van der Waals surface area contributed by atoms with Crippen LogP contribution in [0.2, 0.25) is 0 Å². The monoisotopic (exact) mass is 572 g/mol. The summed E-state index contributed by atoms with van der Waals surface area (Å²) in [5.74, 6) is 0. The van der Waals surface area contributed by atoms with Gasteiger partial charge < -0.3 is 14.5 Å². The van der Waals surface area contributed by atoms with Crippen molar-refractivity contribution in [3.05, 3.63) is 32.1 Å². The fourth-order valence-electron chi connectivity index (χ4n) is 4.23. The molecule has 1 amide bonds. The van der Waals surface area contributed by atoms with Gasteiger partial charge >= 0.3 is 11.8 Å². The molecular weight excluding hydrogens is 546 g/mol. The van der Waals surface area contributed by atoms with Gasteiger partial charge in [-0.2, -0.15) is 0 Å². The highest BCUT2D eigenvalue weighted by Gasteiger charge is 2.32. The number of carbonyl (C=O) groups excluding carboxylic acids is 1. The average molecular weight is 573 g/mol. The van der Waals surface area contributed by atoms with E-state index in [4.69, 9.17) is 4.74 Å². The van der Waals surface area contributed by atoms with Crippen molar-refractivity contribution in [1.82, 2.24) is 24.2 Å². The van der Waals surface area contributed by atoms with Crippen LogP contribution in [0.25, 0.3) is 16.2 Å². The minimum Gasteiger partial charge on any atom is -0.444 e. The van der Waals surface area contributed by atoms with E-state index in [1.165, 1.54) is 4.57 Å². The van der Waals surface area contributed by atoms with E-state index in [1.807, 2.05) is 40.7 Å². The largest absolute Gasteiger partial charge is 0.444 e. The summed E-state index contributed by atoms with van der Waals surface area (Å²) in [5.41, 5.74) is 1.06. The van der Waals surface area contributed by atoms with Crippen LogP contribution in [0.15, 0.2) is 21.4 Å². The third kappa shape index (κ3) is 4.92. The summed E-state index contributed by atoms with van der Waals surface area (Å²) >= 11 is 4.23. The number of nitrogens with zero attached hydrogens (tertiary/aromatic N) is 6. The van der Waals surface area contributed by atoms with Crippen LogP contribution in [-0.4, -0.2) is 61.6 Å². The Labute approximate surface area is 213 Å². The Morgan fingerprint density at radius 1 is 1.29 bits per heavy atom. The fraction of sp³-hybridized carbons (Fsp3) is 0.545. The van der Waals surface area contributed by atoms with E-state index in [9.17, 15) is 18.4 Å². The van der Waals surface area contributed by atoms with E-state index >= 15 is 0 Å². The minimum absolute atomic E-state index is 0.0923. The third-order valence-electron chi connectivity index (χ3n) is 5.69. The van der Waals surface area contributed by atoms with Gasteiger partial charge in [0.1, 0.15) is 5.60 Å². The molecule has 0 bridgehead atoms. The van der Waals surface area contributed by atoms with Gasteiger partial charge in [-0.3, -0.25) is 4.57 Å². The lowest BCUT2D eigenvalue weighted by molar-refractivity contribution is 0.0159. The van der Waals surface area contributed by atoms with Gasteiger partial charge in [0.05, 0.1) is 16.7 Å². The van der Waals surface area contributed by atoms with Gasteiger partial charge in [-0.25, -0.2) is 22.9 Å². The number of benzene rings is 1. The number of hydrogen-bond donors (Lipinski definition) is 0. The Morgan fingerprint density at radius 3 is 2.57 bits per heavy atom. The minimum atomic E-state index is -2.76. The van der Waals surface area contributed by atoms with Gasteiger partial charge in [-0.1, -0.05) is 27.3 Å². The number of alkyl halides is 2. The molecule has 0 aliphatic carbocycles. The zero-order chi connectivity index (χ0) is 25.7. The van der Waals surface area contributed by atoms with Crippen LogP contribution in [0.3, 0.4) is 0 Å². The number of anilines is 1. The van der Waals surface area contributed by atoms with Crippen LogP contribution < -0.4 is 10.6 Å². The van der Waals surface area contributed by atoms with Gasteiger partial charge in [-0.15, -0.1) is 10.2 Å². The van der Waals surface area contributed by atoms with Gasteiger partial charge in [0.25, 0.3) is 6.43 Å². The second-order valence-electron chi connectivity index (χ2n) is 9.35. The first-order chi connectivity index (χ1) is 16.4. The number of hydrogen-bond acceptors (Lipinski definition) is 7. The standard InChI is InChI=1S/C22H27BrF2N6O3S/c1-6-29-16-14(28-7-8-30(12(2)11-28)21(33)34-22(3,4)5)9-13(23)10-15(16)31(20(29)32)19-27-26-18(35-19)17(24)25/h9-10,12,17H,6-8,11H2,1-5H3/t12-/m0/s1. The third-order valence-corrected chi connectivity index (χ3v) is 7.06. The lowest BCUT2D eigenvalue weighted by Crippen LogP contribution is -2.55. The zero-order valence-electron chi connectivity index (χ0n) is 20.1.